The Hall–Kier alpha value is -2.06. The van der Waals surface area contributed by atoms with Gasteiger partial charge in [-0.15, -0.1) is 0 Å². The van der Waals surface area contributed by atoms with Crippen molar-refractivity contribution in [3.05, 3.63) is 59.7 Å². The molecule has 1 heterocycles. The van der Waals surface area contributed by atoms with Crippen molar-refractivity contribution in [1.82, 2.24) is 4.57 Å². The van der Waals surface area contributed by atoms with Gasteiger partial charge in [0.15, 0.2) is 0 Å². The summed E-state index contributed by atoms with van der Waals surface area (Å²) in [7, 11) is 2.12. The van der Waals surface area contributed by atoms with Crippen LogP contribution < -0.4 is 5.73 Å². The molecule has 0 amide bonds. The molecule has 3 rings (SSSR count). The lowest BCUT2D eigenvalue weighted by molar-refractivity contribution is 0.975. The van der Waals surface area contributed by atoms with Crippen molar-refractivity contribution in [2.45, 2.75) is 13.5 Å². The van der Waals surface area contributed by atoms with Gasteiger partial charge >= 0.3 is 0 Å². The summed E-state index contributed by atoms with van der Waals surface area (Å²) in [6.07, 6.45) is 0. The average Bonchev–Trinajstić information content (AvgIpc) is 2.76. The summed E-state index contributed by atoms with van der Waals surface area (Å²) < 4.78 is 2.25. The standard InChI is InChI=1S/C17H18N2/c1-12-5-3-4-6-15(12)17-10-14-9-13(11-18)7-8-16(14)19(17)2/h3-10H,11,18H2,1-2H3. The summed E-state index contributed by atoms with van der Waals surface area (Å²) >= 11 is 0. The molecule has 96 valence electrons. The van der Waals surface area contributed by atoms with E-state index in [4.69, 9.17) is 5.73 Å². The maximum Gasteiger partial charge on any atom is 0.0491 e. The lowest BCUT2D eigenvalue weighted by atomic mass is 10.1. The zero-order chi connectivity index (χ0) is 13.4. The van der Waals surface area contributed by atoms with E-state index in [1.165, 1.54) is 33.3 Å². The highest BCUT2D eigenvalue weighted by Crippen LogP contribution is 2.29. The van der Waals surface area contributed by atoms with Gasteiger partial charge in [-0.05, 0) is 36.2 Å². The zero-order valence-corrected chi connectivity index (χ0v) is 11.4. The third-order valence-electron chi connectivity index (χ3n) is 3.76. The monoisotopic (exact) mass is 250 g/mol. The van der Waals surface area contributed by atoms with Crippen LogP contribution in [0, 0.1) is 6.92 Å². The normalized spacial score (nSPS) is 11.1. The molecule has 0 bridgehead atoms. The number of aromatic nitrogens is 1. The summed E-state index contributed by atoms with van der Waals surface area (Å²) in [5.41, 5.74) is 12.0. The van der Waals surface area contributed by atoms with Crippen molar-refractivity contribution in [1.29, 1.82) is 0 Å². The number of hydrogen-bond acceptors (Lipinski definition) is 1. The number of nitrogens with zero attached hydrogens (tertiary/aromatic N) is 1. The molecule has 0 fully saturated rings. The summed E-state index contributed by atoms with van der Waals surface area (Å²) in [5.74, 6) is 0. The second-order valence-electron chi connectivity index (χ2n) is 5.00. The fourth-order valence-corrected chi connectivity index (χ4v) is 2.64. The van der Waals surface area contributed by atoms with Crippen LogP contribution in [0.25, 0.3) is 22.2 Å². The van der Waals surface area contributed by atoms with Crippen LogP contribution in [0.15, 0.2) is 48.5 Å². The molecule has 19 heavy (non-hydrogen) atoms. The number of rotatable bonds is 2. The minimum Gasteiger partial charge on any atom is -0.344 e. The molecule has 0 atom stereocenters. The summed E-state index contributed by atoms with van der Waals surface area (Å²) in [4.78, 5) is 0. The van der Waals surface area contributed by atoms with Gasteiger partial charge in [0.2, 0.25) is 0 Å². The van der Waals surface area contributed by atoms with Gasteiger partial charge in [0.1, 0.15) is 0 Å². The first kappa shape index (κ1) is 12.0. The quantitative estimate of drug-likeness (QED) is 0.740. The molecule has 1 aromatic heterocycles. The Morgan fingerprint density at radius 3 is 2.58 bits per heavy atom. The van der Waals surface area contributed by atoms with Gasteiger partial charge in [0, 0.05) is 35.8 Å². The van der Waals surface area contributed by atoms with Crippen molar-refractivity contribution >= 4 is 10.9 Å². The second kappa shape index (κ2) is 4.56. The third kappa shape index (κ3) is 1.94. The topological polar surface area (TPSA) is 30.9 Å². The molecular weight excluding hydrogens is 232 g/mol. The second-order valence-corrected chi connectivity index (χ2v) is 5.00. The minimum absolute atomic E-state index is 0.588. The van der Waals surface area contributed by atoms with E-state index in [0.717, 1.165) is 0 Å². The molecule has 0 saturated carbocycles. The Labute approximate surface area is 113 Å². The molecule has 0 radical (unpaired) electrons. The molecule has 0 aliphatic rings. The Kier molecular flexibility index (Phi) is 2.88. The van der Waals surface area contributed by atoms with E-state index in [-0.39, 0.29) is 0 Å². The first-order valence-electron chi connectivity index (χ1n) is 6.55. The minimum atomic E-state index is 0.588. The average molecular weight is 250 g/mol. The lowest BCUT2D eigenvalue weighted by Gasteiger charge is -2.07. The predicted molar refractivity (Wildman–Crippen MR) is 81.0 cm³/mol. The van der Waals surface area contributed by atoms with Crippen molar-refractivity contribution < 1.29 is 0 Å². The van der Waals surface area contributed by atoms with E-state index in [1.807, 2.05) is 0 Å². The first-order chi connectivity index (χ1) is 9.20. The van der Waals surface area contributed by atoms with Crippen molar-refractivity contribution in [3.63, 3.8) is 0 Å². The predicted octanol–water partition coefficient (Wildman–Crippen LogP) is 3.61. The molecule has 2 aromatic carbocycles. The highest BCUT2D eigenvalue weighted by molar-refractivity contribution is 5.88. The molecule has 2 heteroatoms. The van der Waals surface area contributed by atoms with Crippen LogP contribution in [0.2, 0.25) is 0 Å². The largest absolute Gasteiger partial charge is 0.344 e. The molecule has 0 saturated heterocycles. The first-order valence-corrected chi connectivity index (χ1v) is 6.55. The highest BCUT2D eigenvalue weighted by Gasteiger charge is 2.09. The molecular formula is C17H18N2. The highest BCUT2D eigenvalue weighted by atomic mass is 14.9. The molecule has 2 nitrogen and oxygen atoms in total. The van der Waals surface area contributed by atoms with Crippen molar-refractivity contribution in [2.24, 2.45) is 12.8 Å². The van der Waals surface area contributed by atoms with Gasteiger partial charge in [0.05, 0.1) is 0 Å². The SMILES string of the molecule is Cc1ccccc1-c1cc2cc(CN)ccc2n1C. The Balaban J connectivity index is 2.25. The van der Waals surface area contributed by atoms with E-state index in [0.29, 0.717) is 6.54 Å². The van der Waals surface area contributed by atoms with E-state index < -0.39 is 0 Å². The van der Waals surface area contributed by atoms with Crippen LogP contribution in [0.1, 0.15) is 11.1 Å². The van der Waals surface area contributed by atoms with Gasteiger partial charge in [0.25, 0.3) is 0 Å². The lowest BCUT2D eigenvalue weighted by Crippen LogP contribution is -1.96. The van der Waals surface area contributed by atoms with Crippen LogP contribution in [0.4, 0.5) is 0 Å². The zero-order valence-electron chi connectivity index (χ0n) is 11.4. The summed E-state index contributed by atoms with van der Waals surface area (Å²) in [6, 6.07) is 17.2. The van der Waals surface area contributed by atoms with Gasteiger partial charge in [-0.1, -0.05) is 30.3 Å². The molecule has 2 N–H and O–H groups in total. The molecule has 0 spiro atoms. The number of aryl methyl sites for hydroxylation is 2. The van der Waals surface area contributed by atoms with E-state index in [2.05, 4.69) is 67.1 Å². The van der Waals surface area contributed by atoms with Gasteiger partial charge < -0.3 is 10.3 Å². The maximum absolute atomic E-state index is 5.71. The van der Waals surface area contributed by atoms with Crippen LogP contribution in [0.3, 0.4) is 0 Å². The smallest absolute Gasteiger partial charge is 0.0491 e. The van der Waals surface area contributed by atoms with E-state index >= 15 is 0 Å². The molecule has 3 aromatic rings. The van der Waals surface area contributed by atoms with Crippen LogP contribution in [-0.2, 0) is 13.6 Å². The van der Waals surface area contributed by atoms with Crippen molar-refractivity contribution in [2.75, 3.05) is 0 Å². The number of benzene rings is 2. The van der Waals surface area contributed by atoms with Crippen LogP contribution in [0.5, 0.6) is 0 Å². The third-order valence-corrected chi connectivity index (χ3v) is 3.76. The maximum atomic E-state index is 5.71. The Morgan fingerprint density at radius 2 is 1.84 bits per heavy atom. The molecule has 0 aliphatic carbocycles. The van der Waals surface area contributed by atoms with Crippen molar-refractivity contribution in [3.8, 4) is 11.3 Å². The van der Waals surface area contributed by atoms with Crippen LogP contribution >= 0.6 is 0 Å². The molecule has 0 aliphatic heterocycles. The Bertz CT molecular complexity index is 738. The number of nitrogens with two attached hydrogens (primary N) is 1. The van der Waals surface area contributed by atoms with E-state index in [1.54, 1.807) is 0 Å². The fourth-order valence-electron chi connectivity index (χ4n) is 2.64. The van der Waals surface area contributed by atoms with E-state index in [9.17, 15) is 0 Å². The van der Waals surface area contributed by atoms with Crippen LogP contribution in [-0.4, -0.2) is 4.57 Å². The van der Waals surface area contributed by atoms with Gasteiger partial charge in [-0.25, -0.2) is 0 Å². The van der Waals surface area contributed by atoms with Gasteiger partial charge in [-0.2, -0.15) is 0 Å². The Morgan fingerprint density at radius 1 is 1.05 bits per heavy atom. The number of hydrogen-bond donors (Lipinski definition) is 1. The number of fused-ring (bicyclic) bond motifs is 1. The molecule has 0 unspecified atom stereocenters. The van der Waals surface area contributed by atoms with Gasteiger partial charge in [-0.3, -0.25) is 0 Å². The fraction of sp³-hybridized carbons (Fsp3) is 0.176. The summed E-state index contributed by atoms with van der Waals surface area (Å²) in [5, 5.41) is 1.25. The summed E-state index contributed by atoms with van der Waals surface area (Å²) in [6.45, 7) is 2.74.